The van der Waals surface area contributed by atoms with E-state index >= 15 is 0 Å². The Hall–Kier alpha value is -1.55. The number of primary amides is 2. The summed E-state index contributed by atoms with van der Waals surface area (Å²) in [6, 6.07) is 4.87. The largest absolute Gasteiger partial charge is 0.370 e. The number of hydrogen-bond acceptors (Lipinski definition) is 2. The van der Waals surface area contributed by atoms with Crippen LogP contribution < -0.4 is 11.5 Å². The maximum Gasteiger partial charge on any atom is 0.250 e. The van der Waals surface area contributed by atoms with E-state index in [0.717, 1.165) is 0 Å². The van der Waals surface area contributed by atoms with Gasteiger partial charge in [-0.1, -0.05) is 23.7 Å². The van der Waals surface area contributed by atoms with Crippen LogP contribution in [-0.4, -0.2) is 11.8 Å². The molecule has 0 aliphatic rings. The van der Waals surface area contributed by atoms with Crippen molar-refractivity contribution in [1.82, 2.24) is 0 Å². The maximum absolute atomic E-state index is 11.1. The molecular formula is C10H10ClN2O2. The Labute approximate surface area is 92.2 Å². The molecule has 0 saturated heterocycles. The fraction of sp³-hybridized carbons (Fsp3) is 0.100. The molecule has 1 aromatic rings. The lowest BCUT2D eigenvalue weighted by Gasteiger charge is -2.06. The standard InChI is InChI=1S/C10H10ClN2O2/c11-7-3-1-2-6(4-5-8(12)14)9(7)10(13)15/h1-4H,5H2,(H2,12,14)(H2,13,15). The van der Waals surface area contributed by atoms with Crippen molar-refractivity contribution in [2.24, 2.45) is 11.5 Å². The van der Waals surface area contributed by atoms with Gasteiger partial charge in [0.15, 0.2) is 0 Å². The summed E-state index contributed by atoms with van der Waals surface area (Å²) in [6.07, 6.45) is 1.56. The monoisotopic (exact) mass is 225 g/mol. The van der Waals surface area contributed by atoms with Gasteiger partial charge >= 0.3 is 0 Å². The van der Waals surface area contributed by atoms with Crippen LogP contribution >= 0.6 is 11.6 Å². The van der Waals surface area contributed by atoms with Gasteiger partial charge in [-0.3, -0.25) is 9.59 Å². The minimum atomic E-state index is -0.628. The molecule has 0 heterocycles. The first-order chi connectivity index (χ1) is 7.02. The number of amides is 2. The normalized spacial score (nSPS) is 9.93. The van der Waals surface area contributed by atoms with Crippen LogP contribution in [0.5, 0.6) is 0 Å². The van der Waals surface area contributed by atoms with Crippen LogP contribution in [0.15, 0.2) is 18.2 Å². The number of halogens is 1. The minimum absolute atomic E-state index is 0.0423. The molecule has 4 nitrogen and oxygen atoms in total. The average Bonchev–Trinajstić information content (AvgIpc) is 2.13. The highest BCUT2D eigenvalue weighted by Gasteiger charge is 2.12. The summed E-state index contributed by atoms with van der Waals surface area (Å²) in [7, 11) is 0. The quantitative estimate of drug-likeness (QED) is 0.797. The first-order valence-corrected chi connectivity index (χ1v) is 4.60. The van der Waals surface area contributed by atoms with Gasteiger partial charge in [-0.05, 0) is 11.6 Å². The highest BCUT2D eigenvalue weighted by Crippen LogP contribution is 2.21. The molecule has 5 heteroatoms. The topological polar surface area (TPSA) is 86.2 Å². The lowest BCUT2D eigenvalue weighted by Crippen LogP contribution is -2.16. The second kappa shape index (κ2) is 4.79. The van der Waals surface area contributed by atoms with Crippen molar-refractivity contribution in [3.63, 3.8) is 0 Å². The smallest absolute Gasteiger partial charge is 0.250 e. The van der Waals surface area contributed by atoms with Gasteiger partial charge in [0.1, 0.15) is 0 Å². The van der Waals surface area contributed by atoms with Gasteiger partial charge in [0, 0.05) is 12.8 Å². The van der Waals surface area contributed by atoms with Crippen LogP contribution in [0, 0.1) is 6.42 Å². The molecule has 1 radical (unpaired) electrons. The summed E-state index contributed by atoms with van der Waals surface area (Å²) in [5.41, 5.74) is 10.9. The summed E-state index contributed by atoms with van der Waals surface area (Å²) in [5.74, 6) is -1.11. The van der Waals surface area contributed by atoms with Crippen molar-refractivity contribution in [2.45, 2.75) is 6.42 Å². The van der Waals surface area contributed by atoms with Crippen LogP contribution in [0.3, 0.4) is 0 Å². The highest BCUT2D eigenvalue weighted by molar-refractivity contribution is 6.34. The molecule has 0 saturated carbocycles. The van der Waals surface area contributed by atoms with Crippen LogP contribution in [0.1, 0.15) is 22.3 Å². The molecule has 1 rings (SSSR count). The van der Waals surface area contributed by atoms with Gasteiger partial charge in [0.2, 0.25) is 5.91 Å². The second-order valence-electron chi connectivity index (χ2n) is 2.94. The summed E-state index contributed by atoms with van der Waals surface area (Å²) >= 11 is 5.80. The second-order valence-corrected chi connectivity index (χ2v) is 3.35. The van der Waals surface area contributed by atoms with E-state index in [4.69, 9.17) is 23.1 Å². The van der Waals surface area contributed by atoms with E-state index in [1.807, 2.05) is 0 Å². The van der Waals surface area contributed by atoms with Crippen molar-refractivity contribution in [2.75, 3.05) is 0 Å². The summed E-state index contributed by atoms with van der Waals surface area (Å²) < 4.78 is 0. The molecule has 0 bridgehead atoms. The van der Waals surface area contributed by atoms with Crippen LogP contribution in [0.4, 0.5) is 0 Å². The predicted octanol–water partition coefficient (Wildman–Crippen LogP) is 0.867. The van der Waals surface area contributed by atoms with Crippen LogP contribution in [0.25, 0.3) is 0 Å². The molecule has 2 amide bonds. The zero-order valence-corrected chi connectivity index (χ0v) is 8.62. The Balaban J connectivity index is 3.01. The Morgan fingerprint density at radius 2 is 2.00 bits per heavy atom. The van der Waals surface area contributed by atoms with E-state index in [0.29, 0.717) is 5.56 Å². The Bertz CT molecular complexity index is 404. The highest BCUT2D eigenvalue weighted by atomic mass is 35.5. The van der Waals surface area contributed by atoms with Gasteiger partial charge in [-0.15, -0.1) is 0 Å². The van der Waals surface area contributed by atoms with Crippen molar-refractivity contribution >= 4 is 23.4 Å². The lowest BCUT2D eigenvalue weighted by molar-refractivity contribution is -0.117. The zero-order chi connectivity index (χ0) is 11.4. The van der Waals surface area contributed by atoms with Crippen LogP contribution in [-0.2, 0) is 4.79 Å². The predicted molar refractivity (Wildman–Crippen MR) is 57.2 cm³/mol. The molecular weight excluding hydrogens is 216 g/mol. The molecule has 1 aromatic carbocycles. The summed E-state index contributed by atoms with van der Waals surface area (Å²) in [6.45, 7) is 0. The van der Waals surface area contributed by atoms with Gasteiger partial charge in [-0.25, -0.2) is 0 Å². The van der Waals surface area contributed by atoms with E-state index < -0.39 is 11.8 Å². The molecule has 15 heavy (non-hydrogen) atoms. The van der Waals surface area contributed by atoms with Crippen molar-refractivity contribution in [3.05, 3.63) is 40.8 Å². The van der Waals surface area contributed by atoms with Gasteiger partial charge in [-0.2, -0.15) is 0 Å². The number of rotatable bonds is 4. The molecule has 0 aliphatic heterocycles. The zero-order valence-electron chi connectivity index (χ0n) is 7.87. The van der Waals surface area contributed by atoms with Gasteiger partial charge in [0.05, 0.1) is 10.6 Å². The first-order valence-electron chi connectivity index (χ1n) is 4.22. The molecule has 4 N–H and O–H groups in total. The van der Waals surface area contributed by atoms with Crippen LogP contribution in [0.2, 0.25) is 5.02 Å². The van der Waals surface area contributed by atoms with E-state index in [1.54, 1.807) is 18.2 Å². The third-order valence-electron chi connectivity index (χ3n) is 1.82. The average molecular weight is 226 g/mol. The summed E-state index contributed by atoms with van der Waals surface area (Å²) in [5, 5.41) is 0.265. The maximum atomic E-state index is 11.1. The van der Waals surface area contributed by atoms with Crippen molar-refractivity contribution in [3.8, 4) is 0 Å². The molecule has 0 fully saturated rings. The number of benzene rings is 1. The number of carbonyl (C=O) groups is 2. The fourth-order valence-corrected chi connectivity index (χ4v) is 1.46. The first kappa shape index (κ1) is 11.5. The number of hydrogen-bond donors (Lipinski definition) is 2. The van der Waals surface area contributed by atoms with Gasteiger partial charge in [0.25, 0.3) is 5.91 Å². The van der Waals surface area contributed by atoms with Crippen molar-refractivity contribution < 1.29 is 9.59 Å². The van der Waals surface area contributed by atoms with E-state index in [9.17, 15) is 9.59 Å². The molecule has 0 atom stereocenters. The minimum Gasteiger partial charge on any atom is -0.370 e. The number of nitrogens with two attached hydrogens (primary N) is 2. The van der Waals surface area contributed by atoms with Gasteiger partial charge < -0.3 is 11.5 Å². The summed E-state index contributed by atoms with van der Waals surface area (Å²) in [4.78, 5) is 21.7. The Kier molecular flexibility index (Phi) is 3.68. The molecule has 0 aromatic heterocycles. The van der Waals surface area contributed by atoms with E-state index in [1.165, 1.54) is 6.42 Å². The lowest BCUT2D eigenvalue weighted by atomic mass is 10.0. The fourth-order valence-electron chi connectivity index (χ4n) is 1.18. The number of carbonyl (C=O) groups excluding carboxylic acids is 2. The van der Waals surface area contributed by atoms with E-state index in [-0.39, 0.29) is 17.0 Å². The third-order valence-corrected chi connectivity index (χ3v) is 2.13. The Morgan fingerprint density at radius 1 is 1.33 bits per heavy atom. The molecule has 0 unspecified atom stereocenters. The SMILES string of the molecule is NC(=O)C[CH]c1cccc(Cl)c1C(N)=O. The molecule has 79 valence electrons. The molecule has 0 spiro atoms. The van der Waals surface area contributed by atoms with E-state index in [2.05, 4.69) is 0 Å². The Morgan fingerprint density at radius 3 is 2.53 bits per heavy atom. The van der Waals surface area contributed by atoms with Crippen molar-refractivity contribution in [1.29, 1.82) is 0 Å². The molecule has 0 aliphatic carbocycles. The third kappa shape index (κ3) is 2.95.